The second kappa shape index (κ2) is 6.58. The molecule has 2 rings (SSSR count). The molecule has 0 bridgehead atoms. The molecule has 0 aromatic heterocycles. The normalized spacial score (nSPS) is 23.6. The predicted molar refractivity (Wildman–Crippen MR) is 77.1 cm³/mol. The van der Waals surface area contributed by atoms with Crippen molar-refractivity contribution in [3.05, 3.63) is 35.9 Å². The van der Waals surface area contributed by atoms with Crippen LogP contribution in [0.2, 0.25) is 0 Å². The third-order valence-electron chi connectivity index (χ3n) is 3.96. The van der Waals surface area contributed by atoms with Crippen molar-refractivity contribution in [2.45, 2.75) is 25.4 Å². The summed E-state index contributed by atoms with van der Waals surface area (Å²) in [6, 6.07) is 9.27. The molecule has 114 valence electrons. The van der Waals surface area contributed by atoms with E-state index in [1.165, 1.54) is 4.90 Å². The minimum Gasteiger partial charge on any atom is -0.481 e. The summed E-state index contributed by atoms with van der Waals surface area (Å²) in [7, 11) is 0. The van der Waals surface area contributed by atoms with Crippen LogP contribution in [-0.2, 0) is 4.79 Å². The van der Waals surface area contributed by atoms with Crippen molar-refractivity contribution >= 4 is 12.1 Å². The Balaban J connectivity index is 2.09. The first-order valence-corrected chi connectivity index (χ1v) is 7.00. The minimum atomic E-state index is -1.00. The van der Waals surface area contributed by atoms with Gasteiger partial charge in [0.2, 0.25) is 0 Å². The van der Waals surface area contributed by atoms with E-state index in [0.29, 0.717) is 6.42 Å². The molecule has 21 heavy (non-hydrogen) atoms. The van der Waals surface area contributed by atoms with Gasteiger partial charge in [0.05, 0.1) is 5.92 Å². The maximum absolute atomic E-state index is 11.4. The second-order valence-corrected chi connectivity index (χ2v) is 5.37. The first-order chi connectivity index (χ1) is 9.99. The number of amides is 1. The molecule has 6 heteroatoms. The van der Waals surface area contributed by atoms with Crippen molar-refractivity contribution in [2.24, 2.45) is 5.92 Å². The highest BCUT2D eigenvalue weighted by atomic mass is 16.4. The van der Waals surface area contributed by atoms with E-state index in [9.17, 15) is 14.7 Å². The molecule has 3 N–H and O–H groups in total. The van der Waals surface area contributed by atoms with Gasteiger partial charge in [0, 0.05) is 25.2 Å². The zero-order valence-corrected chi connectivity index (χ0v) is 11.9. The van der Waals surface area contributed by atoms with Gasteiger partial charge in [-0.15, -0.1) is 0 Å². The van der Waals surface area contributed by atoms with Crippen molar-refractivity contribution in [3.8, 4) is 0 Å². The molecule has 1 heterocycles. The van der Waals surface area contributed by atoms with E-state index in [2.05, 4.69) is 5.32 Å². The number of likely N-dealkylation sites (tertiary alicyclic amines) is 1. The van der Waals surface area contributed by atoms with Gasteiger partial charge < -0.3 is 20.4 Å². The van der Waals surface area contributed by atoms with Crippen molar-refractivity contribution in [1.29, 1.82) is 0 Å². The van der Waals surface area contributed by atoms with Gasteiger partial charge in [0.1, 0.15) is 0 Å². The number of nitrogens with zero attached hydrogens (tertiary/aromatic N) is 1. The zero-order chi connectivity index (χ0) is 15.4. The van der Waals surface area contributed by atoms with Crippen LogP contribution in [0, 0.1) is 5.92 Å². The van der Waals surface area contributed by atoms with Crippen LogP contribution in [0.5, 0.6) is 0 Å². The van der Waals surface area contributed by atoms with Crippen LogP contribution >= 0.6 is 0 Å². The van der Waals surface area contributed by atoms with Gasteiger partial charge in [0.15, 0.2) is 0 Å². The molecule has 3 atom stereocenters. The molecule has 6 nitrogen and oxygen atoms in total. The largest absolute Gasteiger partial charge is 0.481 e. The lowest BCUT2D eigenvalue weighted by atomic mass is 9.90. The van der Waals surface area contributed by atoms with Crippen molar-refractivity contribution in [2.75, 3.05) is 13.1 Å². The maximum Gasteiger partial charge on any atom is 0.407 e. The fourth-order valence-corrected chi connectivity index (χ4v) is 2.75. The molecule has 0 radical (unpaired) electrons. The number of rotatable bonds is 4. The highest BCUT2D eigenvalue weighted by Crippen LogP contribution is 2.22. The molecule has 1 fully saturated rings. The molecule has 1 aromatic carbocycles. The maximum atomic E-state index is 11.4. The molecule has 0 spiro atoms. The van der Waals surface area contributed by atoms with E-state index < -0.39 is 18.0 Å². The van der Waals surface area contributed by atoms with Crippen LogP contribution in [-0.4, -0.2) is 46.3 Å². The summed E-state index contributed by atoms with van der Waals surface area (Å²) in [6.45, 7) is 2.42. The average Bonchev–Trinajstić information content (AvgIpc) is 2.47. The summed E-state index contributed by atoms with van der Waals surface area (Å²) in [5.41, 5.74) is 1.05. The number of carbonyl (C=O) groups is 2. The molecule has 1 saturated heterocycles. The number of hydrogen-bond donors (Lipinski definition) is 3. The van der Waals surface area contributed by atoms with E-state index in [1.807, 2.05) is 37.3 Å². The lowest BCUT2D eigenvalue weighted by Crippen LogP contribution is -2.54. The Kier molecular flexibility index (Phi) is 4.80. The van der Waals surface area contributed by atoms with E-state index in [1.54, 1.807) is 0 Å². The standard InChI is InChI=1S/C15H20N2O4/c1-10(11-5-3-2-4-6-11)16-13-9-17(15(20)21)8-7-12(13)14(18)19/h2-6,10,12-13,16H,7-9H2,1H3,(H,18,19)(H,20,21)/t10-,12-,13+/m0/s1. The van der Waals surface area contributed by atoms with Crippen LogP contribution in [0.25, 0.3) is 0 Å². The molecule has 1 aliphatic rings. The third-order valence-corrected chi connectivity index (χ3v) is 3.96. The van der Waals surface area contributed by atoms with Crippen molar-refractivity contribution in [3.63, 3.8) is 0 Å². The summed E-state index contributed by atoms with van der Waals surface area (Å²) in [4.78, 5) is 23.7. The molecule has 1 amide bonds. The number of piperidine rings is 1. The number of hydrogen-bond acceptors (Lipinski definition) is 3. The van der Waals surface area contributed by atoms with Gasteiger partial charge in [-0.3, -0.25) is 4.79 Å². The van der Waals surface area contributed by atoms with Crippen LogP contribution in [0.4, 0.5) is 4.79 Å². The minimum absolute atomic E-state index is 0.0354. The van der Waals surface area contributed by atoms with E-state index >= 15 is 0 Å². The Labute approximate surface area is 123 Å². The Hall–Kier alpha value is -2.08. The predicted octanol–water partition coefficient (Wildman–Crippen LogP) is 1.79. The van der Waals surface area contributed by atoms with Crippen molar-refractivity contribution < 1.29 is 19.8 Å². The van der Waals surface area contributed by atoms with Gasteiger partial charge in [-0.25, -0.2) is 4.79 Å². The molecule has 0 unspecified atom stereocenters. The second-order valence-electron chi connectivity index (χ2n) is 5.37. The van der Waals surface area contributed by atoms with E-state index in [0.717, 1.165) is 5.56 Å². The Morgan fingerprint density at radius 2 is 1.95 bits per heavy atom. The quantitative estimate of drug-likeness (QED) is 0.787. The van der Waals surface area contributed by atoms with Gasteiger partial charge >= 0.3 is 12.1 Å². The third kappa shape index (κ3) is 3.72. The number of carboxylic acids is 1. The van der Waals surface area contributed by atoms with E-state index in [-0.39, 0.29) is 25.2 Å². The summed E-state index contributed by atoms with van der Waals surface area (Å²) in [5.74, 6) is -1.44. The fraction of sp³-hybridized carbons (Fsp3) is 0.467. The summed E-state index contributed by atoms with van der Waals surface area (Å²) in [5, 5.41) is 21.7. The molecule has 1 aliphatic heterocycles. The van der Waals surface area contributed by atoms with Gasteiger partial charge in [-0.2, -0.15) is 0 Å². The smallest absolute Gasteiger partial charge is 0.407 e. The molecule has 0 saturated carbocycles. The number of aliphatic carboxylic acids is 1. The first kappa shape index (κ1) is 15.3. The number of nitrogens with one attached hydrogen (secondary N) is 1. The highest BCUT2D eigenvalue weighted by Gasteiger charge is 2.36. The zero-order valence-electron chi connectivity index (χ0n) is 11.9. The van der Waals surface area contributed by atoms with Gasteiger partial charge in [-0.05, 0) is 18.9 Å². The van der Waals surface area contributed by atoms with Gasteiger partial charge in [-0.1, -0.05) is 30.3 Å². The SMILES string of the molecule is C[C@H](N[C@@H]1CN(C(=O)O)CC[C@@H]1C(=O)O)c1ccccc1. The number of carboxylic acid groups (broad SMARTS) is 2. The topological polar surface area (TPSA) is 89.9 Å². The van der Waals surface area contributed by atoms with Gasteiger partial charge in [0.25, 0.3) is 0 Å². The molecular weight excluding hydrogens is 272 g/mol. The monoisotopic (exact) mass is 292 g/mol. The van der Waals surface area contributed by atoms with Crippen LogP contribution in [0.3, 0.4) is 0 Å². The molecule has 1 aromatic rings. The Morgan fingerprint density at radius 3 is 2.52 bits per heavy atom. The average molecular weight is 292 g/mol. The lowest BCUT2D eigenvalue weighted by molar-refractivity contribution is -0.144. The first-order valence-electron chi connectivity index (χ1n) is 7.00. The molecular formula is C15H20N2O4. The Bertz CT molecular complexity index is 506. The summed E-state index contributed by atoms with van der Waals surface area (Å²) >= 11 is 0. The van der Waals surface area contributed by atoms with Crippen LogP contribution < -0.4 is 5.32 Å². The summed E-state index contributed by atoms with van der Waals surface area (Å²) in [6.07, 6.45) is -0.668. The van der Waals surface area contributed by atoms with Crippen LogP contribution in [0.1, 0.15) is 24.9 Å². The lowest BCUT2D eigenvalue weighted by Gasteiger charge is -2.37. The van der Waals surface area contributed by atoms with Crippen LogP contribution in [0.15, 0.2) is 30.3 Å². The van der Waals surface area contributed by atoms with Crippen molar-refractivity contribution in [1.82, 2.24) is 10.2 Å². The molecule has 0 aliphatic carbocycles. The summed E-state index contributed by atoms with van der Waals surface area (Å²) < 4.78 is 0. The number of benzene rings is 1. The van der Waals surface area contributed by atoms with E-state index in [4.69, 9.17) is 5.11 Å². The highest BCUT2D eigenvalue weighted by molar-refractivity contribution is 5.72. The Morgan fingerprint density at radius 1 is 1.29 bits per heavy atom. The fourth-order valence-electron chi connectivity index (χ4n) is 2.75.